The molecule has 1 aliphatic rings. The average molecular weight is 845 g/mol. The van der Waals surface area contributed by atoms with Crippen molar-refractivity contribution in [1.82, 2.24) is 24.8 Å². The Hall–Kier alpha value is -6.98. The van der Waals surface area contributed by atoms with Crippen LogP contribution >= 0.6 is 0 Å². The zero-order valence-corrected chi connectivity index (χ0v) is 34.8. The van der Waals surface area contributed by atoms with Gasteiger partial charge < -0.3 is 36.5 Å². The van der Waals surface area contributed by atoms with Gasteiger partial charge in [0.15, 0.2) is 0 Å². The van der Waals surface area contributed by atoms with Crippen molar-refractivity contribution in [3.8, 4) is 23.7 Å². The summed E-state index contributed by atoms with van der Waals surface area (Å²) in [6, 6.07) is 19.0. The monoisotopic (exact) mass is 844 g/mol. The van der Waals surface area contributed by atoms with Crippen LogP contribution in [0.5, 0.6) is 0 Å². The summed E-state index contributed by atoms with van der Waals surface area (Å²) in [4.78, 5) is 43.8. The number of carbonyl (C=O) groups is 2. The van der Waals surface area contributed by atoms with E-state index in [0.29, 0.717) is 109 Å². The first-order valence-electron chi connectivity index (χ1n) is 20.2. The number of ether oxygens (including phenoxy) is 2. The number of halogens is 2. The van der Waals surface area contributed by atoms with Crippen molar-refractivity contribution in [2.45, 2.75) is 38.5 Å². The molecule has 3 aromatic carbocycles. The molecular weight excluding hydrogens is 795 g/mol. The van der Waals surface area contributed by atoms with Gasteiger partial charge in [0.1, 0.15) is 23.3 Å². The number of benzene rings is 3. The number of amides is 2. The molecule has 6 N–H and O–H groups in total. The summed E-state index contributed by atoms with van der Waals surface area (Å²) in [5, 5.41) is 12.5. The minimum atomic E-state index is -0.360. The maximum atomic E-state index is 13.5. The normalized spacial score (nSPS) is 11.3. The number of nitrogens with zero attached hydrogens (tertiary/aromatic N) is 5. The van der Waals surface area contributed by atoms with E-state index in [2.05, 4.69) is 64.9 Å². The Labute approximate surface area is 360 Å². The molecule has 0 saturated carbocycles. The van der Waals surface area contributed by atoms with Crippen molar-refractivity contribution in [3.63, 3.8) is 0 Å². The molecule has 0 saturated heterocycles. The molecule has 1 aliphatic heterocycles. The van der Waals surface area contributed by atoms with Crippen LogP contribution in [0.4, 0.5) is 43.7 Å². The summed E-state index contributed by atoms with van der Waals surface area (Å²) < 4.78 is 37.0. The first-order chi connectivity index (χ1) is 30.3. The van der Waals surface area contributed by atoms with Gasteiger partial charge in [-0.1, -0.05) is 47.9 Å². The van der Waals surface area contributed by atoms with E-state index in [0.717, 1.165) is 25.7 Å². The molecule has 0 unspecified atom stereocenters. The van der Waals surface area contributed by atoms with E-state index in [1.807, 2.05) is 0 Å². The van der Waals surface area contributed by atoms with Crippen molar-refractivity contribution < 1.29 is 27.8 Å². The largest absolute Gasteiger partial charge is 0.385 e. The molecule has 0 atom stereocenters. The standard InChI is InChI=1S/C27H26FN5O3.C19H24FN5O/c1-36-16-8-14-29-24-19(18-30-27(32-24)31-21-11-7-10-20(28)17-21)9-3-2-6-15-33-25(34)22-12-4-5-13-23(22)26(33)35;1-26-12-6-11-22-18-15(7-3-2-4-10-21)14-23-19(25-18)24-17-9-5-8-16(20)13-17/h4-5,7,10-13,17-18H,2,6,8,14-16H2,1H3,(H2,29,30,31,32);5,8-9,13-14H,2,4,6,10-12,21H2,1H3,(H2,22,23,24,25). The van der Waals surface area contributed by atoms with Gasteiger partial charge in [0.2, 0.25) is 11.9 Å². The summed E-state index contributed by atoms with van der Waals surface area (Å²) in [5.41, 5.74) is 8.81. The van der Waals surface area contributed by atoms with Crippen molar-refractivity contribution in [2.24, 2.45) is 5.73 Å². The second kappa shape index (κ2) is 24.9. The smallest absolute Gasteiger partial charge is 0.261 e. The van der Waals surface area contributed by atoms with Crippen LogP contribution in [0.15, 0.2) is 85.2 Å². The first-order valence-corrected chi connectivity index (χ1v) is 20.2. The molecular formula is C46H50F2N10O4. The molecule has 0 aliphatic carbocycles. The van der Waals surface area contributed by atoms with Crippen molar-refractivity contribution in [2.75, 3.05) is 74.9 Å². The van der Waals surface area contributed by atoms with Gasteiger partial charge in [-0.3, -0.25) is 14.5 Å². The SMILES string of the molecule is COCCCNc1nc(Nc2cccc(F)c2)ncc1C#CCCCN.COCCCNc1nc(Nc2cccc(F)c2)ncc1C#CCCCN1C(=O)c2ccccc2C1=O. The van der Waals surface area contributed by atoms with Crippen molar-refractivity contribution in [3.05, 3.63) is 119 Å². The van der Waals surface area contributed by atoms with Crippen LogP contribution in [-0.2, 0) is 9.47 Å². The number of anilines is 6. The first kappa shape index (κ1) is 46.1. The number of aromatic nitrogens is 4. The van der Waals surface area contributed by atoms with E-state index in [-0.39, 0.29) is 23.4 Å². The number of nitrogens with two attached hydrogens (primary N) is 1. The second-order valence-electron chi connectivity index (χ2n) is 13.6. The Balaban J connectivity index is 0.000000247. The van der Waals surface area contributed by atoms with Crippen LogP contribution in [-0.4, -0.2) is 90.3 Å². The number of rotatable bonds is 19. The fraction of sp³-hybridized carbons (Fsp3) is 0.304. The number of nitrogens with one attached hydrogen (secondary N) is 4. The summed E-state index contributed by atoms with van der Waals surface area (Å²) in [6.07, 6.45) is 7.49. The molecule has 0 bridgehead atoms. The van der Waals surface area contributed by atoms with Crippen molar-refractivity contribution in [1.29, 1.82) is 0 Å². The fourth-order valence-corrected chi connectivity index (χ4v) is 5.85. The van der Waals surface area contributed by atoms with Gasteiger partial charge in [0.25, 0.3) is 11.8 Å². The van der Waals surface area contributed by atoms with Crippen LogP contribution in [0, 0.1) is 35.3 Å². The zero-order valence-electron chi connectivity index (χ0n) is 34.8. The predicted octanol–water partition coefficient (Wildman–Crippen LogP) is 7.13. The van der Waals surface area contributed by atoms with Crippen LogP contribution in [0.25, 0.3) is 0 Å². The molecule has 0 radical (unpaired) electrons. The molecule has 2 aromatic heterocycles. The van der Waals surface area contributed by atoms with Gasteiger partial charge >= 0.3 is 0 Å². The summed E-state index contributed by atoms with van der Waals surface area (Å²) in [6.45, 7) is 3.50. The van der Waals surface area contributed by atoms with E-state index >= 15 is 0 Å². The minimum absolute atomic E-state index is 0.263. The third kappa shape index (κ3) is 14.3. The van der Waals surface area contributed by atoms with Crippen LogP contribution < -0.4 is 27.0 Å². The highest BCUT2D eigenvalue weighted by Crippen LogP contribution is 2.23. The van der Waals surface area contributed by atoms with Crippen LogP contribution in [0.2, 0.25) is 0 Å². The summed E-state index contributed by atoms with van der Waals surface area (Å²) in [5.74, 6) is 13.0. The molecule has 16 heteroatoms. The third-order valence-electron chi connectivity index (χ3n) is 8.89. The number of hydrogen-bond donors (Lipinski definition) is 5. The minimum Gasteiger partial charge on any atom is -0.385 e. The van der Waals surface area contributed by atoms with Crippen LogP contribution in [0.3, 0.4) is 0 Å². The van der Waals surface area contributed by atoms with Gasteiger partial charge in [-0.15, -0.1) is 0 Å². The summed E-state index contributed by atoms with van der Waals surface area (Å²) >= 11 is 0. The third-order valence-corrected chi connectivity index (χ3v) is 8.89. The quantitative estimate of drug-likeness (QED) is 0.0322. The predicted molar refractivity (Wildman–Crippen MR) is 236 cm³/mol. The zero-order chi connectivity index (χ0) is 43.9. The number of hydrogen-bond acceptors (Lipinski definition) is 13. The van der Waals surface area contributed by atoms with Gasteiger partial charge in [-0.25, -0.2) is 18.7 Å². The maximum Gasteiger partial charge on any atom is 0.261 e. The number of fused-ring (bicyclic) bond motifs is 1. The topological polar surface area (TPSA) is 182 Å². The van der Waals surface area contributed by atoms with Crippen LogP contribution in [0.1, 0.15) is 70.4 Å². The number of methoxy groups -OCH3 is 2. The Kier molecular flexibility index (Phi) is 18.5. The molecule has 0 fully saturated rings. The van der Waals surface area contributed by atoms with E-state index in [9.17, 15) is 18.4 Å². The second-order valence-corrected chi connectivity index (χ2v) is 13.6. The molecule has 62 heavy (non-hydrogen) atoms. The number of carbonyl (C=O) groups excluding carboxylic acids is 2. The lowest BCUT2D eigenvalue weighted by Gasteiger charge is -2.12. The van der Waals surface area contributed by atoms with E-state index in [1.165, 1.54) is 29.2 Å². The Bertz CT molecular complexity index is 2360. The van der Waals surface area contributed by atoms with Gasteiger partial charge in [0, 0.05) is 71.3 Å². The number of imide groups is 1. The molecule has 2 amide bonds. The lowest BCUT2D eigenvalue weighted by Crippen LogP contribution is -2.30. The number of unbranched alkanes of at least 4 members (excludes halogenated alkanes) is 2. The Morgan fingerprint density at radius 1 is 0.661 bits per heavy atom. The lowest BCUT2D eigenvalue weighted by atomic mass is 10.1. The van der Waals surface area contributed by atoms with Crippen molar-refractivity contribution >= 4 is 46.7 Å². The van der Waals surface area contributed by atoms with Gasteiger partial charge in [0.05, 0.1) is 34.6 Å². The van der Waals surface area contributed by atoms with E-state index in [1.54, 1.807) is 75.1 Å². The molecule has 322 valence electrons. The highest BCUT2D eigenvalue weighted by Gasteiger charge is 2.34. The highest BCUT2D eigenvalue weighted by atomic mass is 19.1. The Morgan fingerprint density at radius 2 is 1.15 bits per heavy atom. The maximum absolute atomic E-state index is 13.5. The average Bonchev–Trinajstić information content (AvgIpc) is 3.51. The molecule has 3 heterocycles. The summed E-state index contributed by atoms with van der Waals surface area (Å²) in [7, 11) is 3.31. The molecule has 6 rings (SSSR count). The molecule has 0 spiro atoms. The van der Waals surface area contributed by atoms with E-state index < -0.39 is 0 Å². The Morgan fingerprint density at radius 3 is 1.60 bits per heavy atom. The fourth-order valence-electron chi connectivity index (χ4n) is 5.85. The molecule has 14 nitrogen and oxygen atoms in total. The van der Waals surface area contributed by atoms with E-state index in [4.69, 9.17) is 15.2 Å². The van der Waals surface area contributed by atoms with Gasteiger partial charge in [-0.05, 0) is 80.8 Å². The van der Waals surface area contributed by atoms with Gasteiger partial charge in [-0.2, -0.15) is 9.97 Å². The highest BCUT2D eigenvalue weighted by molar-refractivity contribution is 6.21. The lowest BCUT2D eigenvalue weighted by molar-refractivity contribution is 0.0653. The molecule has 5 aromatic rings.